The molecule has 5 rings (SSSR count). The lowest BCUT2D eigenvalue weighted by Crippen LogP contribution is -2.29. The number of anilines is 1. The number of nitrogens with zero attached hydrogens (tertiary/aromatic N) is 3. The van der Waals surface area contributed by atoms with E-state index in [1.54, 1.807) is 56.6 Å². The summed E-state index contributed by atoms with van der Waals surface area (Å²) in [7, 11) is 0. The maximum atomic E-state index is 13.4. The van der Waals surface area contributed by atoms with E-state index in [9.17, 15) is 9.59 Å². The van der Waals surface area contributed by atoms with E-state index in [1.807, 2.05) is 0 Å². The summed E-state index contributed by atoms with van der Waals surface area (Å²) in [6.07, 6.45) is 3.23. The summed E-state index contributed by atoms with van der Waals surface area (Å²) in [6, 6.07) is 7.67. The van der Waals surface area contributed by atoms with Crippen LogP contribution in [0.15, 0.2) is 56.5 Å². The molecule has 0 fully saturated rings. The average Bonchev–Trinajstić information content (AvgIpc) is 3.26. The van der Waals surface area contributed by atoms with Crippen LogP contribution in [0.5, 0.6) is 0 Å². The van der Waals surface area contributed by atoms with Crippen molar-refractivity contribution in [1.29, 1.82) is 0 Å². The van der Waals surface area contributed by atoms with Crippen molar-refractivity contribution >= 4 is 34.3 Å². The van der Waals surface area contributed by atoms with Gasteiger partial charge in [-0.25, -0.2) is 0 Å². The van der Waals surface area contributed by atoms with E-state index in [0.29, 0.717) is 33.1 Å². The fourth-order valence-corrected chi connectivity index (χ4v) is 3.81. The van der Waals surface area contributed by atoms with Crippen LogP contribution in [0.25, 0.3) is 11.0 Å². The van der Waals surface area contributed by atoms with Crippen LogP contribution in [0.3, 0.4) is 0 Å². The first kappa shape index (κ1) is 17.6. The maximum absolute atomic E-state index is 13.4. The normalized spacial score (nSPS) is 15.9. The minimum atomic E-state index is -0.739. The van der Waals surface area contributed by atoms with Gasteiger partial charge in [0.1, 0.15) is 11.3 Å². The molecule has 1 atom stereocenters. The lowest BCUT2D eigenvalue weighted by atomic mass is 9.99. The molecule has 0 spiro atoms. The summed E-state index contributed by atoms with van der Waals surface area (Å²) < 4.78 is 11.1. The standard InChI is InChI=1S/C21H14ClN3O4/c1-10-6-15-13(8-14(10)22)19(26)17-18(12-4-3-5-23-9-12)25(21(27)20(17)28-15)16-7-11(2)29-24-16/h3-9,18H,1-2H3/t18-/m1/s1. The molecule has 0 bridgehead atoms. The van der Waals surface area contributed by atoms with Gasteiger partial charge in [0.05, 0.1) is 17.0 Å². The fraction of sp³-hybridized carbons (Fsp3) is 0.143. The Kier molecular flexibility index (Phi) is 3.82. The highest BCUT2D eigenvalue weighted by molar-refractivity contribution is 6.32. The molecule has 4 heterocycles. The van der Waals surface area contributed by atoms with Gasteiger partial charge in [0.2, 0.25) is 5.76 Å². The van der Waals surface area contributed by atoms with Crippen LogP contribution >= 0.6 is 11.6 Å². The first-order valence-corrected chi connectivity index (χ1v) is 9.27. The van der Waals surface area contributed by atoms with Gasteiger partial charge < -0.3 is 8.94 Å². The molecule has 1 aliphatic rings. The molecule has 1 amide bonds. The van der Waals surface area contributed by atoms with Gasteiger partial charge in [0.15, 0.2) is 11.2 Å². The first-order valence-electron chi connectivity index (χ1n) is 8.89. The molecule has 1 aromatic carbocycles. The number of aromatic nitrogens is 2. The maximum Gasteiger partial charge on any atom is 0.296 e. The number of hydrogen-bond acceptors (Lipinski definition) is 6. The monoisotopic (exact) mass is 407 g/mol. The zero-order valence-electron chi connectivity index (χ0n) is 15.5. The zero-order valence-corrected chi connectivity index (χ0v) is 16.2. The molecule has 0 aliphatic carbocycles. The summed E-state index contributed by atoms with van der Waals surface area (Å²) >= 11 is 6.23. The van der Waals surface area contributed by atoms with Gasteiger partial charge in [-0.3, -0.25) is 19.5 Å². The van der Waals surface area contributed by atoms with Crippen LogP contribution in [0.1, 0.15) is 39.0 Å². The average molecular weight is 408 g/mol. The van der Waals surface area contributed by atoms with Gasteiger partial charge in [0.25, 0.3) is 5.91 Å². The molecule has 29 heavy (non-hydrogen) atoms. The lowest BCUT2D eigenvalue weighted by Gasteiger charge is -2.21. The number of rotatable bonds is 2. The molecule has 0 unspecified atom stereocenters. The molecular formula is C21H14ClN3O4. The van der Waals surface area contributed by atoms with Gasteiger partial charge in [0, 0.05) is 23.5 Å². The van der Waals surface area contributed by atoms with Crippen molar-refractivity contribution in [2.45, 2.75) is 19.9 Å². The zero-order chi connectivity index (χ0) is 20.3. The Morgan fingerprint density at radius 1 is 1.17 bits per heavy atom. The van der Waals surface area contributed by atoms with E-state index in [0.717, 1.165) is 5.56 Å². The minimum absolute atomic E-state index is 0.0151. The molecule has 7 nitrogen and oxygen atoms in total. The third-order valence-corrected chi connectivity index (χ3v) is 5.42. The SMILES string of the molecule is Cc1cc(N2C(=O)c3oc4cc(C)c(Cl)cc4c(=O)c3[C@H]2c2cccnc2)no1. The Bertz CT molecular complexity index is 1340. The van der Waals surface area contributed by atoms with Crippen LogP contribution in [-0.2, 0) is 0 Å². The molecule has 3 aromatic heterocycles. The molecule has 0 saturated carbocycles. The van der Waals surface area contributed by atoms with Crippen molar-refractivity contribution in [3.05, 3.63) is 86.2 Å². The second-order valence-corrected chi connectivity index (χ2v) is 7.34. The number of benzene rings is 1. The third-order valence-electron chi connectivity index (χ3n) is 5.01. The van der Waals surface area contributed by atoms with E-state index in [4.69, 9.17) is 20.5 Å². The minimum Gasteiger partial charge on any atom is -0.450 e. The molecule has 8 heteroatoms. The van der Waals surface area contributed by atoms with Gasteiger partial charge in [-0.05, 0) is 43.2 Å². The number of pyridine rings is 1. The number of aryl methyl sites for hydroxylation is 2. The first-order chi connectivity index (χ1) is 14.0. The second-order valence-electron chi connectivity index (χ2n) is 6.93. The highest BCUT2D eigenvalue weighted by Crippen LogP contribution is 2.41. The Hall–Kier alpha value is -3.45. The number of halogens is 1. The molecule has 1 aliphatic heterocycles. The molecule has 0 radical (unpaired) electrons. The van der Waals surface area contributed by atoms with E-state index in [1.165, 1.54) is 4.90 Å². The van der Waals surface area contributed by atoms with Crippen LogP contribution in [-0.4, -0.2) is 16.0 Å². The molecule has 0 saturated heterocycles. The Balaban J connectivity index is 1.84. The lowest BCUT2D eigenvalue weighted by molar-refractivity contribution is 0.0969. The fourth-order valence-electron chi connectivity index (χ4n) is 3.65. The summed E-state index contributed by atoms with van der Waals surface area (Å²) in [6.45, 7) is 3.53. The number of amides is 1. The van der Waals surface area contributed by atoms with Gasteiger partial charge in [-0.1, -0.05) is 22.8 Å². The van der Waals surface area contributed by atoms with E-state index in [-0.39, 0.29) is 16.8 Å². The van der Waals surface area contributed by atoms with Crippen LogP contribution in [0, 0.1) is 13.8 Å². The van der Waals surface area contributed by atoms with Gasteiger partial charge >= 0.3 is 0 Å². The van der Waals surface area contributed by atoms with Gasteiger partial charge in [-0.2, -0.15) is 0 Å². The van der Waals surface area contributed by atoms with Gasteiger partial charge in [-0.15, -0.1) is 0 Å². The van der Waals surface area contributed by atoms with E-state index >= 15 is 0 Å². The van der Waals surface area contributed by atoms with E-state index in [2.05, 4.69) is 10.1 Å². The van der Waals surface area contributed by atoms with Crippen LogP contribution in [0.4, 0.5) is 5.82 Å². The predicted molar refractivity (Wildman–Crippen MR) is 106 cm³/mol. The highest BCUT2D eigenvalue weighted by Gasteiger charge is 2.45. The summed E-state index contributed by atoms with van der Waals surface area (Å²) in [4.78, 5) is 32.3. The van der Waals surface area contributed by atoms with Crippen molar-refractivity contribution in [3.63, 3.8) is 0 Å². The quantitative estimate of drug-likeness (QED) is 0.494. The topological polar surface area (TPSA) is 89.4 Å². The summed E-state index contributed by atoms with van der Waals surface area (Å²) in [5.74, 6) is 0.360. The Morgan fingerprint density at radius 2 is 2.00 bits per heavy atom. The summed E-state index contributed by atoms with van der Waals surface area (Å²) in [5, 5.41) is 4.75. The van der Waals surface area contributed by atoms with Crippen LogP contribution in [0.2, 0.25) is 5.02 Å². The Morgan fingerprint density at radius 3 is 2.69 bits per heavy atom. The third kappa shape index (κ3) is 2.58. The molecule has 4 aromatic rings. The van der Waals surface area contributed by atoms with Crippen LogP contribution < -0.4 is 10.3 Å². The summed E-state index contributed by atoms with van der Waals surface area (Å²) in [5.41, 5.74) is 1.64. The van der Waals surface area contributed by atoms with Crippen molar-refractivity contribution < 1.29 is 13.7 Å². The number of fused-ring (bicyclic) bond motifs is 2. The number of carbonyl (C=O) groups is 1. The van der Waals surface area contributed by atoms with Crippen molar-refractivity contribution in [2.24, 2.45) is 0 Å². The smallest absolute Gasteiger partial charge is 0.296 e. The predicted octanol–water partition coefficient (Wildman–Crippen LogP) is 4.20. The van der Waals surface area contributed by atoms with Crippen molar-refractivity contribution in [1.82, 2.24) is 10.1 Å². The second kappa shape index (κ2) is 6.28. The molecule has 0 N–H and O–H groups in total. The Labute approximate surface area is 169 Å². The van der Waals surface area contributed by atoms with E-state index < -0.39 is 11.9 Å². The van der Waals surface area contributed by atoms with Crippen molar-refractivity contribution in [2.75, 3.05) is 4.90 Å². The number of hydrogen-bond donors (Lipinski definition) is 0. The molecular weight excluding hydrogens is 394 g/mol. The number of carbonyl (C=O) groups excluding carboxylic acids is 1. The molecule has 144 valence electrons. The largest absolute Gasteiger partial charge is 0.450 e. The highest BCUT2D eigenvalue weighted by atomic mass is 35.5. The van der Waals surface area contributed by atoms with Crippen molar-refractivity contribution in [3.8, 4) is 0 Å².